The molecule has 0 fully saturated rings. The average Bonchev–Trinajstić information content (AvgIpc) is 2.85. The largest absolute Gasteiger partial charge is 0 e. The molecule has 14 heteroatoms. The molecule has 0 aromatic heterocycles. The first-order valence-electron chi connectivity index (χ1n) is 9.77. The molecule has 0 saturated heterocycles. The van der Waals surface area contributed by atoms with E-state index in [0.717, 1.165) is 0 Å². The van der Waals surface area contributed by atoms with Crippen LogP contribution in [0.15, 0.2) is 64.4 Å². The van der Waals surface area contributed by atoms with E-state index in [1.165, 1.54) is 44.4 Å². The van der Waals surface area contributed by atoms with E-state index in [1.807, 2.05) is 0 Å². The second kappa shape index (κ2) is 18.7. The second-order valence-corrected chi connectivity index (χ2v) is 9.59. The maximum Gasteiger partial charge on any atom is 0 e. The molecular formula is C20H33I2N4O6S2-. The SMILES string of the molecule is CC=C=O.CCC(=O)Nc1ccc(S(=O)(=O)NC)cc1.CNS(=O)(=O)c1ccc(N)cc1.[2H][I-]I.[3HH].[3HH]. The van der Waals surface area contributed by atoms with Crippen LogP contribution < -0.4 is 38.9 Å². The fourth-order valence-corrected chi connectivity index (χ4v) is 3.31. The minimum Gasteiger partial charge on any atom is 0 e. The van der Waals surface area contributed by atoms with Crippen molar-refractivity contribution >= 4 is 61.9 Å². The molecule has 0 unspecified atom stereocenters. The van der Waals surface area contributed by atoms with E-state index in [2.05, 4.69) is 33.4 Å². The summed E-state index contributed by atoms with van der Waals surface area (Å²) in [5, 5.41) is 2.63. The number of allylic oxidation sites excluding steroid dienone is 1. The van der Waals surface area contributed by atoms with E-state index in [-0.39, 0.29) is 37.0 Å². The Hall–Kier alpha value is -1.56. The number of hydrogen-bond acceptors (Lipinski definition) is 7. The first-order valence-corrected chi connectivity index (χ1v) is 18.6. The van der Waals surface area contributed by atoms with E-state index in [0.29, 0.717) is 17.8 Å². The summed E-state index contributed by atoms with van der Waals surface area (Å²) in [6, 6.07) is 12.0. The summed E-state index contributed by atoms with van der Waals surface area (Å²) >= 11 is 1.88. The molecule has 196 valence electrons. The van der Waals surface area contributed by atoms with Crippen LogP contribution in [0.4, 0.5) is 11.4 Å². The van der Waals surface area contributed by atoms with Crippen molar-refractivity contribution in [3.05, 3.63) is 54.6 Å². The fraction of sp³-hybridized carbons (Fsp3) is 0.250. The summed E-state index contributed by atoms with van der Waals surface area (Å²) in [5.74, 6) is 1.45. The van der Waals surface area contributed by atoms with Gasteiger partial charge in [0, 0.05) is 20.6 Å². The topological polar surface area (TPSA) is 165 Å². The summed E-state index contributed by atoms with van der Waals surface area (Å²) in [6.45, 7) is 3.38. The number of hydrogen-bond donors (Lipinski definition) is 4. The van der Waals surface area contributed by atoms with Crippen LogP contribution in [0, 0.1) is 0 Å². The van der Waals surface area contributed by atoms with Crippen molar-refractivity contribution in [3.8, 4) is 0 Å². The average molecular weight is 748 g/mol. The van der Waals surface area contributed by atoms with Crippen LogP contribution in [-0.4, -0.2) is 43.4 Å². The molecule has 0 aliphatic carbocycles. The van der Waals surface area contributed by atoms with Gasteiger partial charge in [0.25, 0.3) is 0 Å². The molecule has 0 bridgehead atoms. The molecule has 34 heavy (non-hydrogen) atoms. The number of amides is 1. The monoisotopic (exact) mass is 748 g/mol. The third-order valence-corrected chi connectivity index (χ3v) is 6.48. The number of benzene rings is 2. The van der Waals surface area contributed by atoms with Gasteiger partial charge in [0.1, 0.15) is 5.94 Å². The van der Waals surface area contributed by atoms with E-state index in [1.54, 1.807) is 44.1 Å². The Morgan fingerprint density at radius 2 is 1.41 bits per heavy atom. The second-order valence-electron chi connectivity index (χ2n) is 5.82. The summed E-state index contributed by atoms with van der Waals surface area (Å²) in [7, 11) is -4.02. The molecule has 0 heterocycles. The van der Waals surface area contributed by atoms with Gasteiger partial charge >= 0.3 is 37.6 Å². The number of rotatable bonds is 6. The Kier molecular flexibility index (Phi) is 17.9. The quantitative estimate of drug-likeness (QED) is 0.178. The number of halogens is 2. The molecule has 0 radical (unpaired) electrons. The van der Waals surface area contributed by atoms with Gasteiger partial charge in [-0.3, -0.25) is 4.79 Å². The molecule has 0 saturated carbocycles. The van der Waals surface area contributed by atoms with Crippen LogP contribution in [0.2, 0.25) is 0 Å². The molecule has 0 atom stereocenters. The van der Waals surface area contributed by atoms with Gasteiger partial charge < -0.3 is 11.1 Å². The predicted molar refractivity (Wildman–Crippen MR) is 144 cm³/mol. The van der Waals surface area contributed by atoms with E-state index in [9.17, 15) is 21.6 Å². The zero-order valence-corrected chi connectivity index (χ0v) is 25.0. The fourth-order valence-electron chi connectivity index (χ4n) is 1.85. The smallest absolute Gasteiger partial charge is 0 e. The maximum atomic E-state index is 11.4. The van der Waals surface area contributed by atoms with Crippen LogP contribution in [-0.2, 0) is 29.6 Å². The zero-order valence-electron chi connectivity index (χ0n) is 20.0. The van der Waals surface area contributed by atoms with Crippen LogP contribution in [0.5, 0.6) is 0 Å². The third-order valence-electron chi connectivity index (χ3n) is 3.62. The molecule has 2 aromatic rings. The molecular weight excluding hydrogens is 710 g/mol. The number of nitrogens with two attached hydrogens (primary N) is 1. The Labute approximate surface area is 228 Å². The van der Waals surface area contributed by atoms with E-state index in [4.69, 9.17) is 11.1 Å². The van der Waals surface area contributed by atoms with Crippen molar-refractivity contribution in [3.63, 3.8) is 0 Å². The zero-order chi connectivity index (χ0) is 27.5. The van der Waals surface area contributed by atoms with Crippen LogP contribution in [0.25, 0.3) is 0 Å². The first-order chi connectivity index (χ1) is 16.4. The van der Waals surface area contributed by atoms with Gasteiger partial charge in [0.05, 0.1) is 9.79 Å². The minimum absolute atomic E-state index is 0. The standard InChI is InChI=1S/C10H14N2O3S.C7H10N2O2S.C3H4O.HI2.2H2/c1-3-10(13)12-8-4-6-9(7-5-8)16(14,15)11-2;1-9-12(10,11)7-4-2-6(8)3-5-7;1-2-3-4;1-2;;/h4-7,11H,3H2,1-2H3,(H,12,13);2-5,9H,8H2,1H3;2H,1H3;1H;2*1H/q;;;-1;;/i;;;1D;2*1+2. The number of sulfonamides is 2. The van der Waals surface area contributed by atoms with Crippen molar-refractivity contribution in [1.82, 2.24) is 9.44 Å². The molecule has 1 amide bonds. The summed E-state index contributed by atoms with van der Waals surface area (Å²) in [5.41, 5.74) is 6.53. The molecule has 0 aliphatic rings. The van der Waals surface area contributed by atoms with Crippen molar-refractivity contribution < 1.29 is 47.7 Å². The molecule has 2 rings (SSSR count). The van der Waals surface area contributed by atoms with Crippen molar-refractivity contribution in [2.75, 3.05) is 25.1 Å². The Morgan fingerprint density at radius 3 is 1.71 bits per heavy atom. The summed E-state index contributed by atoms with van der Waals surface area (Å²) in [4.78, 5) is 20.5. The Balaban J connectivity index is -0.000000230. The first kappa shape index (κ1) is 32.4. The van der Waals surface area contributed by atoms with Gasteiger partial charge in [0.15, 0.2) is 0 Å². The maximum absolute atomic E-state index is 11.4. The van der Waals surface area contributed by atoms with Crippen LogP contribution in [0.1, 0.15) is 23.1 Å². The Morgan fingerprint density at radius 1 is 1.06 bits per heavy atom. The summed E-state index contributed by atoms with van der Waals surface area (Å²) in [6.07, 6.45) is 1.70. The molecule has 2 aromatic carbocycles. The normalized spacial score (nSPS) is 10.4. The molecule has 0 spiro atoms. The van der Waals surface area contributed by atoms with Gasteiger partial charge in [0.2, 0.25) is 26.0 Å². The molecule has 0 aliphatic heterocycles. The van der Waals surface area contributed by atoms with Gasteiger partial charge in [-0.2, -0.15) is 0 Å². The predicted octanol–water partition coefficient (Wildman–Crippen LogP) is -0.372. The number of anilines is 2. The number of nitrogens with one attached hydrogen (secondary N) is 3. The molecule has 5 N–H and O–H groups in total. The third kappa shape index (κ3) is 14.0. The van der Waals surface area contributed by atoms with Crippen molar-refractivity contribution in [2.24, 2.45) is 0 Å². The van der Waals surface area contributed by atoms with Gasteiger partial charge in [-0.1, -0.05) is 6.92 Å². The molecule has 10 nitrogen and oxygen atoms in total. The van der Waals surface area contributed by atoms with E-state index >= 15 is 0 Å². The van der Waals surface area contributed by atoms with E-state index < -0.39 is 20.0 Å². The number of carbonyl (C=O) groups is 1. The van der Waals surface area contributed by atoms with Crippen LogP contribution in [0.3, 0.4) is 0 Å². The van der Waals surface area contributed by atoms with Gasteiger partial charge in [-0.25, -0.2) is 31.1 Å². The van der Waals surface area contributed by atoms with Crippen molar-refractivity contribution in [1.29, 1.82) is 0.594 Å². The number of carbonyl (C=O) groups excluding carboxylic acids is 2. The minimum atomic E-state index is -3.41. The van der Waals surface area contributed by atoms with Crippen molar-refractivity contribution in [2.45, 2.75) is 30.1 Å². The summed E-state index contributed by atoms with van der Waals surface area (Å²) < 4.78 is 55.8. The number of nitrogen functional groups attached to an aromatic ring is 1. The Bertz CT molecular complexity index is 1150. The van der Waals surface area contributed by atoms with Gasteiger partial charge in [-0.15, -0.1) is 0 Å². The van der Waals surface area contributed by atoms with Crippen LogP contribution >= 0.6 is 18.6 Å². The van der Waals surface area contributed by atoms with Gasteiger partial charge in [-0.05, 0) is 75.6 Å².